The molecule has 1 aliphatic rings. The second-order valence-electron chi connectivity index (χ2n) is 5.20. The summed E-state index contributed by atoms with van der Waals surface area (Å²) < 4.78 is 33.5. The summed E-state index contributed by atoms with van der Waals surface area (Å²) in [7, 11) is -1.39. The summed E-state index contributed by atoms with van der Waals surface area (Å²) in [4.78, 5) is 13.6. The van der Waals surface area contributed by atoms with Crippen molar-refractivity contribution < 1.29 is 22.0 Å². The Labute approximate surface area is 137 Å². The van der Waals surface area contributed by atoms with Crippen molar-refractivity contribution in [1.29, 1.82) is 0 Å². The monoisotopic (exact) mass is 357 g/mol. The van der Waals surface area contributed by atoms with Gasteiger partial charge in [0.2, 0.25) is 5.91 Å². The van der Waals surface area contributed by atoms with Gasteiger partial charge in [-0.15, -0.1) is 10.2 Å². The highest BCUT2D eigenvalue weighted by atomic mass is 32.2. The fourth-order valence-corrected chi connectivity index (χ4v) is 4.74. The van der Waals surface area contributed by atoms with E-state index < -0.39 is 9.84 Å². The van der Waals surface area contributed by atoms with Crippen LogP contribution in [0, 0.1) is 0 Å². The zero-order valence-electron chi connectivity index (χ0n) is 12.3. The molecule has 1 saturated heterocycles. The van der Waals surface area contributed by atoms with Crippen LogP contribution < -0.4 is 0 Å². The highest BCUT2D eigenvalue weighted by molar-refractivity contribution is 7.99. The maximum absolute atomic E-state index is 12.2. The highest BCUT2D eigenvalue weighted by Crippen LogP contribution is 2.24. The van der Waals surface area contributed by atoms with Crippen LogP contribution in [0.3, 0.4) is 0 Å². The topological polar surface area (TPSA) is 107 Å². The standard InChI is InChI=1S/C13H15N3O5S2/c1-16(9-4-6-23(18,19)8-9)11(17)7-22-13-15-14-12(21-13)10-3-2-5-20-10/h2-3,5,9H,4,6-8H2,1H3/t9-/m1/s1. The van der Waals surface area contributed by atoms with Crippen molar-refractivity contribution in [2.75, 3.05) is 24.3 Å². The van der Waals surface area contributed by atoms with Gasteiger partial charge in [-0.05, 0) is 18.6 Å². The number of rotatable bonds is 5. The van der Waals surface area contributed by atoms with Gasteiger partial charge in [-0.1, -0.05) is 11.8 Å². The summed E-state index contributed by atoms with van der Waals surface area (Å²) in [6.07, 6.45) is 1.99. The first-order chi connectivity index (χ1) is 10.9. The summed E-state index contributed by atoms with van der Waals surface area (Å²) >= 11 is 1.11. The van der Waals surface area contributed by atoms with Crippen molar-refractivity contribution in [3.8, 4) is 11.7 Å². The van der Waals surface area contributed by atoms with Gasteiger partial charge in [0.25, 0.3) is 11.1 Å². The lowest BCUT2D eigenvalue weighted by molar-refractivity contribution is -0.128. The average molecular weight is 357 g/mol. The maximum atomic E-state index is 12.2. The lowest BCUT2D eigenvalue weighted by Crippen LogP contribution is -2.38. The molecule has 0 aromatic carbocycles. The quantitative estimate of drug-likeness (QED) is 0.731. The van der Waals surface area contributed by atoms with Gasteiger partial charge >= 0.3 is 0 Å². The van der Waals surface area contributed by atoms with Crippen LogP contribution in [0.5, 0.6) is 0 Å². The molecule has 0 unspecified atom stereocenters. The molecule has 2 aromatic heterocycles. The van der Waals surface area contributed by atoms with Crippen LogP contribution in [0.25, 0.3) is 11.7 Å². The van der Waals surface area contributed by atoms with E-state index in [-0.39, 0.29) is 40.3 Å². The predicted octanol–water partition coefficient (Wildman–Crippen LogP) is 1.07. The Morgan fingerprint density at radius 1 is 1.48 bits per heavy atom. The fraction of sp³-hybridized carbons (Fsp3) is 0.462. The number of aromatic nitrogens is 2. The Morgan fingerprint density at radius 3 is 2.96 bits per heavy atom. The Morgan fingerprint density at radius 2 is 2.30 bits per heavy atom. The van der Waals surface area contributed by atoms with Crippen molar-refractivity contribution in [2.24, 2.45) is 0 Å². The Kier molecular flexibility index (Phi) is 4.44. The molecule has 3 rings (SSSR count). The Balaban J connectivity index is 1.55. The van der Waals surface area contributed by atoms with Crippen LogP contribution in [0.1, 0.15) is 6.42 Å². The van der Waals surface area contributed by atoms with Gasteiger partial charge in [-0.3, -0.25) is 4.79 Å². The lowest BCUT2D eigenvalue weighted by Gasteiger charge is -2.22. The first-order valence-corrected chi connectivity index (χ1v) is 9.71. The molecule has 10 heteroatoms. The van der Waals surface area contributed by atoms with Crippen LogP contribution in [0.2, 0.25) is 0 Å². The van der Waals surface area contributed by atoms with Gasteiger partial charge in [0.1, 0.15) is 0 Å². The Hall–Kier alpha value is -1.81. The molecule has 23 heavy (non-hydrogen) atoms. The van der Waals surface area contributed by atoms with E-state index in [1.54, 1.807) is 19.2 Å². The van der Waals surface area contributed by atoms with E-state index in [1.807, 2.05) is 0 Å². The number of carbonyl (C=O) groups is 1. The molecular formula is C13H15N3O5S2. The second-order valence-corrected chi connectivity index (χ2v) is 8.36. The Bertz CT molecular complexity index is 784. The third kappa shape index (κ3) is 3.75. The van der Waals surface area contributed by atoms with E-state index in [0.717, 1.165) is 11.8 Å². The van der Waals surface area contributed by atoms with Gasteiger partial charge in [0.15, 0.2) is 15.6 Å². The van der Waals surface area contributed by atoms with E-state index in [1.165, 1.54) is 11.2 Å². The van der Waals surface area contributed by atoms with Crippen LogP contribution in [-0.4, -0.2) is 59.8 Å². The van der Waals surface area contributed by atoms with Crippen molar-refractivity contribution in [2.45, 2.75) is 17.7 Å². The predicted molar refractivity (Wildman–Crippen MR) is 82.6 cm³/mol. The number of carbonyl (C=O) groups excluding carboxylic acids is 1. The summed E-state index contributed by atoms with van der Waals surface area (Å²) in [5.41, 5.74) is 0. The summed E-state index contributed by atoms with van der Waals surface area (Å²) in [5, 5.41) is 7.95. The van der Waals surface area contributed by atoms with Gasteiger partial charge in [0, 0.05) is 13.1 Å². The minimum Gasteiger partial charge on any atom is -0.459 e. The fourth-order valence-electron chi connectivity index (χ4n) is 2.28. The van der Waals surface area contributed by atoms with E-state index >= 15 is 0 Å². The first-order valence-electron chi connectivity index (χ1n) is 6.91. The SMILES string of the molecule is CN(C(=O)CSc1nnc(-c2ccco2)o1)[C@@H]1CCS(=O)(=O)C1. The molecule has 8 nitrogen and oxygen atoms in total. The number of sulfone groups is 1. The third-order valence-corrected chi connectivity index (χ3v) is 6.16. The van der Waals surface area contributed by atoms with E-state index in [4.69, 9.17) is 8.83 Å². The molecule has 0 bridgehead atoms. The molecule has 3 heterocycles. The first kappa shape index (κ1) is 16.1. The molecule has 1 fully saturated rings. The summed E-state index contributed by atoms with van der Waals surface area (Å²) in [6, 6.07) is 3.15. The van der Waals surface area contributed by atoms with Gasteiger partial charge in [0.05, 0.1) is 23.5 Å². The normalized spacial score (nSPS) is 19.8. The van der Waals surface area contributed by atoms with Crippen molar-refractivity contribution >= 4 is 27.5 Å². The van der Waals surface area contributed by atoms with E-state index in [9.17, 15) is 13.2 Å². The molecule has 124 valence electrons. The van der Waals surface area contributed by atoms with Gasteiger partial charge < -0.3 is 13.7 Å². The lowest BCUT2D eigenvalue weighted by atomic mass is 10.2. The largest absolute Gasteiger partial charge is 0.459 e. The number of thioether (sulfide) groups is 1. The molecule has 0 aliphatic carbocycles. The van der Waals surface area contributed by atoms with E-state index in [0.29, 0.717) is 12.2 Å². The third-order valence-electron chi connectivity index (χ3n) is 3.61. The second kappa shape index (κ2) is 6.36. The van der Waals surface area contributed by atoms with Gasteiger partial charge in [-0.25, -0.2) is 8.42 Å². The molecule has 1 atom stereocenters. The number of nitrogens with zero attached hydrogens (tertiary/aromatic N) is 3. The number of amides is 1. The van der Waals surface area contributed by atoms with Gasteiger partial charge in [-0.2, -0.15) is 0 Å². The number of hydrogen-bond donors (Lipinski definition) is 0. The minimum absolute atomic E-state index is 0.0309. The molecule has 0 spiro atoms. The average Bonchev–Trinajstić information content (AvgIpc) is 3.23. The summed E-state index contributed by atoms with van der Waals surface area (Å²) in [6.45, 7) is 0. The molecule has 0 N–H and O–H groups in total. The molecular weight excluding hydrogens is 342 g/mol. The molecule has 0 saturated carbocycles. The zero-order valence-corrected chi connectivity index (χ0v) is 14.0. The molecule has 0 radical (unpaired) electrons. The smallest absolute Gasteiger partial charge is 0.284 e. The van der Waals surface area contributed by atoms with Crippen LogP contribution in [-0.2, 0) is 14.6 Å². The van der Waals surface area contributed by atoms with Crippen molar-refractivity contribution in [1.82, 2.24) is 15.1 Å². The number of hydrogen-bond acceptors (Lipinski definition) is 8. The molecule has 1 aliphatic heterocycles. The van der Waals surface area contributed by atoms with Crippen LogP contribution >= 0.6 is 11.8 Å². The highest BCUT2D eigenvalue weighted by Gasteiger charge is 2.32. The van der Waals surface area contributed by atoms with Crippen LogP contribution in [0.15, 0.2) is 32.5 Å². The zero-order chi connectivity index (χ0) is 16.4. The van der Waals surface area contributed by atoms with E-state index in [2.05, 4.69) is 10.2 Å². The summed E-state index contributed by atoms with van der Waals surface area (Å²) in [5.74, 6) is 0.813. The van der Waals surface area contributed by atoms with Crippen molar-refractivity contribution in [3.05, 3.63) is 18.4 Å². The number of furan rings is 1. The minimum atomic E-state index is -3.01. The molecule has 1 amide bonds. The van der Waals surface area contributed by atoms with Crippen LogP contribution in [0.4, 0.5) is 0 Å². The maximum Gasteiger partial charge on any atom is 0.284 e. The molecule has 2 aromatic rings. The van der Waals surface area contributed by atoms with Crippen molar-refractivity contribution in [3.63, 3.8) is 0 Å².